The van der Waals surface area contributed by atoms with Crippen LogP contribution in [0.4, 0.5) is 0 Å². The third kappa shape index (κ3) is 4.86. The summed E-state index contributed by atoms with van der Waals surface area (Å²) >= 11 is 1.55. The topological polar surface area (TPSA) is 68.8 Å². The number of aromatic nitrogens is 1. The second kappa shape index (κ2) is 9.24. The van der Waals surface area contributed by atoms with Crippen LogP contribution < -0.4 is 15.0 Å². The molecule has 2 N–H and O–H groups in total. The molecule has 152 valence electrons. The summed E-state index contributed by atoms with van der Waals surface area (Å²) in [5.74, 6) is 1.75. The average molecular weight is 413 g/mol. The zero-order valence-electron chi connectivity index (χ0n) is 16.5. The van der Waals surface area contributed by atoms with Gasteiger partial charge in [-0.2, -0.15) is 0 Å². The van der Waals surface area contributed by atoms with Crippen LogP contribution >= 0.6 is 11.3 Å². The van der Waals surface area contributed by atoms with Gasteiger partial charge in [0.05, 0.1) is 45.1 Å². The highest BCUT2D eigenvalue weighted by Crippen LogP contribution is 2.25. The predicted molar refractivity (Wildman–Crippen MR) is 112 cm³/mol. The molecule has 29 heavy (non-hydrogen) atoms. The number of methoxy groups -OCH3 is 1. The molecule has 3 aromatic rings. The van der Waals surface area contributed by atoms with Gasteiger partial charge in [-0.3, -0.25) is 4.79 Å². The van der Waals surface area contributed by atoms with Crippen molar-refractivity contribution in [2.75, 3.05) is 26.7 Å². The molecule has 1 atom stereocenters. The number of carbonyl (C=O) groups is 1. The summed E-state index contributed by atoms with van der Waals surface area (Å²) in [5.41, 5.74) is 1.82. The molecular weight excluding hydrogens is 386 g/mol. The lowest BCUT2D eigenvalue weighted by Gasteiger charge is -2.23. The molecule has 0 aliphatic carbocycles. The molecule has 6 nitrogen and oxygen atoms in total. The van der Waals surface area contributed by atoms with E-state index in [1.165, 1.54) is 17.7 Å². The van der Waals surface area contributed by atoms with Crippen LogP contribution in [0.1, 0.15) is 30.3 Å². The second-order valence-corrected chi connectivity index (χ2v) is 8.14. The van der Waals surface area contributed by atoms with Crippen molar-refractivity contribution >= 4 is 17.2 Å². The molecule has 7 heteroatoms. The lowest BCUT2D eigenvalue weighted by molar-refractivity contribution is -0.919. The van der Waals surface area contributed by atoms with Gasteiger partial charge in [-0.15, -0.1) is 11.3 Å². The number of rotatable bonds is 8. The minimum absolute atomic E-state index is 0.00765. The van der Waals surface area contributed by atoms with Crippen LogP contribution in [0.3, 0.4) is 0 Å². The van der Waals surface area contributed by atoms with Crippen molar-refractivity contribution in [3.05, 3.63) is 59.5 Å². The summed E-state index contributed by atoms with van der Waals surface area (Å²) in [4.78, 5) is 18.6. The van der Waals surface area contributed by atoms with Crippen molar-refractivity contribution in [2.24, 2.45) is 0 Å². The maximum absolute atomic E-state index is 12.5. The molecule has 1 amide bonds. The summed E-state index contributed by atoms with van der Waals surface area (Å²) in [6.45, 7) is 2.83. The van der Waals surface area contributed by atoms with Crippen molar-refractivity contribution in [3.63, 3.8) is 0 Å². The Hall–Kier alpha value is -2.64. The number of hydrogen-bond donors (Lipinski definition) is 2. The number of likely N-dealkylation sites (tertiary alicyclic amines) is 1. The number of benzene rings is 1. The highest BCUT2D eigenvalue weighted by molar-refractivity contribution is 7.13. The fraction of sp³-hybridized carbons (Fsp3) is 0.364. The van der Waals surface area contributed by atoms with E-state index in [2.05, 4.69) is 10.3 Å². The SMILES string of the molecule is COc1ccc(-c2nc(CC(=O)NC[C@H](c3ccco3)[NH+]3CCCC3)cs2)cc1. The third-order valence-corrected chi connectivity index (χ3v) is 6.30. The van der Waals surface area contributed by atoms with Crippen LogP contribution in [0.2, 0.25) is 0 Å². The van der Waals surface area contributed by atoms with Crippen molar-refractivity contribution in [1.82, 2.24) is 10.3 Å². The second-order valence-electron chi connectivity index (χ2n) is 7.29. The molecule has 0 radical (unpaired) electrons. The van der Waals surface area contributed by atoms with E-state index in [1.54, 1.807) is 24.7 Å². The predicted octanol–water partition coefficient (Wildman–Crippen LogP) is 2.49. The zero-order valence-corrected chi connectivity index (χ0v) is 17.3. The first-order chi connectivity index (χ1) is 14.2. The maximum Gasteiger partial charge on any atom is 0.226 e. The largest absolute Gasteiger partial charge is 0.497 e. The van der Waals surface area contributed by atoms with E-state index in [9.17, 15) is 4.79 Å². The van der Waals surface area contributed by atoms with Gasteiger partial charge in [0.1, 0.15) is 10.8 Å². The molecular formula is C22H26N3O3S+. The van der Waals surface area contributed by atoms with Crippen molar-refractivity contribution in [2.45, 2.75) is 25.3 Å². The number of thiazole rings is 1. The first-order valence-corrected chi connectivity index (χ1v) is 10.8. The van der Waals surface area contributed by atoms with Gasteiger partial charge in [-0.05, 0) is 36.4 Å². The number of quaternary nitrogens is 1. The smallest absolute Gasteiger partial charge is 0.226 e. The average Bonchev–Trinajstić information content (AvgIpc) is 3.51. The Kier molecular flexibility index (Phi) is 6.27. The molecule has 1 fully saturated rings. The Bertz CT molecular complexity index is 915. The van der Waals surface area contributed by atoms with Crippen LogP contribution in [0.25, 0.3) is 10.6 Å². The van der Waals surface area contributed by atoms with E-state index >= 15 is 0 Å². The molecule has 1 aliphatic rings. The lowest BCUT2D eigenvalue weighted by Crippen LogP contribution is -3.11. The highest BCUT2D eigenvalue weighted by Gasteiger charge is 2.29. The molecule has 0 saturated carbocycles. The Labute approximate surface area is 174 Å². The summed E-state index contributed by atoms with van der Waals surface area (Å²) in [6, 6.07) is 11.9. The Morgan fingerprint density at radius 3 is 2.76 bits per heavy atom. The number of nitrogens with zero attached hydrogens (tertiary/aromatic N) is 1. The third-order valence-electron chi connectivity index (χ3n) is 5.36. The van der Waals surface area contributed by atoms with Crippen LogP contribution in [0.15, 0.2) is 52.5 Å². The number of hydrogen-bond acceptors (Lipinski definition) is 5. The molecule has 1 aromatic carbocycles. The molecule has 0 spiro atoms. The van der Waals surface area contributed by atoms with Crippen LogP contribution in [0.5, 0.6) is 5.75 Å². The van der Waals surface area contributed by atoms with Crippen LogP contribution in [-0.4, -0.2) is 37.6 Å². The van der Waals surface area contributed by atoms with Gasteiger partial charge < -0.3 is 19.4 Å². The fourth-order valence-corrected chi connectivity index (χ4v) is 4.64. The van der Waals surface area contributed by atoms with E-state index in [1.807, 2.05) is 41.8 Å². The maximum atomic E-state index is 12.5. The monoisotopic (exact) mass is 412 g/mol. The van der Waals surface area contributed by atoms with Crippen LogP contribution in [0, 0.1) is 0 Å². The number of amides is 1. The zero-order chi connectivity index (χ0) is 20.1. The Balaban J connectivity index is 1.35. The highest BCUT2D eigenvalue weighted by atomic mass is 32.1. The van der Waals surface area contributed by atoms with E-state index < -0.39 is 0 Å². The number of ether oxygens (including phenoxy) is 1. The molecule has 1 saturated heterocycles. The fourth-order valence-electron chi connectivity index (χ4n) is 3.81. The van der Waals surface area contributed by atoms with Crippen molar-refractivity contribution in [1.29, 1.82) is 0 Å². The molecule has 3 heterocycles. The van der Waals surface area contributed by atoms with Crippen molar-refractivity contribution in [3.8, 4) is 16.3 Å². The van der Waals surface area contributed by atoms with Gasteiger partial charge >= 0.3 is 0 Å². The van der Waals surface area contributed by atoms with E-state index in [-0.39, 0.29) is 18.4 Å². The lowest BCUT2D eigenvalue weighted by atomic mass is 10.2. The molecule has 0 unspecified atom stereocenters. The van der Waals surface area contributed by atoms with Gasteiger partial charge in [-0.25, -0.2) is 4.98 Å². The van der Waals surface area contributed by atoms with Gasteiger partial charge in [-0.1, -0.05) is 0 Å². The quantitative estimate of drug-likeness (QED) is 0.597. The summed E-state index contributed by atoms with van der Waals surface area (Å²) < 4.78 is 10.8. The molecule has 0 bridgehead atoms. The van der Waals surface area contributed by atoms with E-state index in [4.69, 9.17) is 9.15 Å². The summed E-state index contributed by atoms with van der Waals surface area (Å²) in [5, 5.41) is 5.95. The summed E-state index contributed by atoms with van der Waals surface area (Å²) in [7, 11) is 1.65. The Morgan fingerprint density at radius 1 is 1.28 bits per heavy atom. The normalized spacial score (nSPS) is 15.3. The van der Waals surface area contributed by atoms with E-state index in [0.717, 1.165) is 40.9 Å². The first-order valence-electron chi connectivity index (χ1n) is 9.96. The van der Waals surface area contributed by atoms with Crippen molar-refractivity contribution < 1.29 is 18.8 Å². The summed E-state index contributed by atoms with van der Waals surface area (Å²) in [6.07, 6.45) is 4.45. The van der Waals surface area contributed by atoms with Gasteiger partial charge in [0.2, 0.25) is 5.91 Å². The number of nitrogens with one attached hydrogen (secondary N) is 2. The van der Waals surface area contributed by atoms with Gasteiger partial charge in [0.15, 0.2) is 11.8 Å². The Morgan fingerprint density at radius 2 is 2.07 bits per heavy atom. The van der Waals surface area contributed by atoms with Gasteiger partial charge in [0, 0.05) is 23.8 Å². The molecule has 2 aromatic heterocycles. The first kappa shape index (κ1) is 19.7. The number of carbonyl (C=O) groups excluding carboxylic acids is 1. The number of furan rings is 1. The van der Waals surface area contributed by atoms with Gasteiger partial charge in [0.25, 0.3) is 0 Å². The molecule has 4 rings (SSSR count). The minimum atomic E-state index is -0.00765. The van der Waals surface area contributed by atoms with Crippen LogP contribution in [-0.2, 0) is 11.2 Å². The van der Waals surface area contributed by atoms with E-state index in [0.29, 0.717) is 6.54 Å². The minimum Gasteiger partial charge on any atom is -0.497 e. The molecule has 1 aliphatic heterocycles. The standard InChI is InChI=1S/C22H25N3O3S/c1-27-18-8-6-16(7-9-18)22-24-17(15-29-22)13-21(26)23-14-19(20-5-4-12-28-20)25-10-2-3-11-25/h4-9,12,15,19H,2-3,10-11,13-14H2,1H3,(H,23,26)/p+1/t19-/m1/s1.